The van der Waals surface area contributed by atoms with E-state index in [-0.39, 0.29) is 5.75 Å². The largest absolute Gasteiger partial charge is 0.491 e. The van der Waals surface area contributed by atoms with Gasteiger partial charge in [0.1, 0.15) is 0 Å². The molecule has 0 unspecified atom stereocenters. The third-order valence-corrected chi connectivity index (χ3v) is 6.05. The first kappa shape index (κ1) is 21.5. The van der Waals surface area contributed by atoms with E-state index in [0.29, 0.717) is 30.4 Å². The highest BCUT2D eigenvalue weighted by Gasteiger charge is 2.20. The topological polar surface area (TPSA) is 9.23 Å². The normalized spacial score (nSPS) is 19.6. The lowest BCUT2D eigenvalue weighted by Gasteiger charge is -2.27. The average Bonchev–Trinajstić information content (AvgIpc) is 2.76. The number of hydrogen-bond acceptors (Lipinski definition) is 1. The second kappa shape index (κ2) is 10.6. The highest BCUT2D eigenvalue weighted by atomic mass is 19.2. The summed E-state index contributed by atoms with van der Waals surface area (Å²) in [7, 11) is 0. The SMILES string of the molecule is CCOc1ccc(CC/C=C/C2CCC(c3ccc(CC)cc3)CC2)c(F)c1F. The number of ether oxygens (including phenoxy) is 1. The monoisotopic (exact) mass is 398 g/mol. The van der Waals surface area contributed by atoms with Crippen molar-refractivity contribution in [3.63, 3.8) is 0 Å². The fourth-order valence-corrected chi connectivity index (χ4v) is 4.23. The summed E-state index contributed by atoms with van der Waals surface area (Å²) >= 11 is 0. The van der Waals surface area contributed by atoms with Crippen molar-refractivity contribution in [2.24, 2.45) is 5.92 Å². The van der Waals surface area contributed by atoms with Crippen LogP contribution in [0.4, 0.5) is 8.78 Å². The lowest BCUT2D eigenvalue weighted by molar-refractivity contribution is 0.313. The Morgan fingerprint density at radius 1 is 0.931 bits per heavy atom. The lowest BCUT2D eigenvalue weighted by atomic mass is 9.78. The maximum atomic E-state index is 14.1. The third-order valence-electron chi connectivity index (χ3n) is 6.05. The van der Waals surface area contributed by atoms with Crippen molar-refractivity contribution in [3.05, 3.63) is 76.9 Å². The van der Waals surface area contributed by atoms with Crippen LogP contribution in [0.3, 0.4) is 0 Å². The van der Waals surface area contributed by atoms with Crippen LogP contribution in [0.5, 0.6) is 5.75 Å². The van der Waals surface area contributed by atoms with E-state index in [1.807, 2.05) is 0 Å². The van der Waals surface area contributed by atoms with Crippen molar-refractivity contribution in [3.8, 4) is 5.75 Å². The Balaban J connectivity index is 1.45. The van der Waals surface area contributed by atoms with Crippen LogP contribution in [0.2, 0.25) is 0 Å². The van der Waals surface area contributed by atoms with Crippen LogP contribution in [-0.2, 0) is 12.8 Å². The molecule has 3 rings (SSSR count). The number of allylic oxidation sites excluding steroid dienone is 2. The van der Waals surface area contributed by atoms with Crippen molar-refractivity contribution < 1.29 is 13.5 Å². The van der Waals surface area contributed by atoms with Crippen LogP contribution in [-0.4, -0.2) is 6.61 Å². The Bertz CT molecular complexity index is 802. The summed E-state index contributed by atoms with van der Waals surface area (Å²) in [5.74, 6) is -0.391. The molecule has 29 heavy (non-hydrogen) atoms. The van der Waals surface area contributed by atoms with E-state index in [9.17, 15) is 8.78 Å². The van der Waals surface area contributed by atoms with Gasteiger partial charge in [0.15, 0.2) is 11.6 Å². The Labute approximate surface area is 173 Å². The first-order chi connectivity index (χ1) is 14.1. The van der Waals surface area contributed by atoms with Gasteiger partial charge in [-0.3, -0.25) is 0 Å². The minimum Gasteiger partial charge on any atom is -0.491 e. The number of benzene rings is 2. The van der Waals surface area contributed by atoms with E-state index >= 15 is 0 Å². The molecule has 0 saturated heterocycles. The Morgan fingerprint density at radius 3 is 2.31 bits per heavy atom. The first-order valence-corrected chi connectivity index (χ1v) is 11.0. The van der Waals surface area contributed by atoms with Crippen molar-refractivity contribution in [2.75, 3.05) is 6.61 Å². The maximum absolute atomic E-state index is 14.1. The van der Waals surface area contributed by atoms with Crippen LogP contribution in [0, 0.1) is 17.6 Å². The number of halogens is 2. The van der Waals surface area contributed by atoms with Crippen LogP contribution >= 0.6 is 0 Å². The van der Waals surface area contributed by atoms with Gasteiger partial charge in [-0.1, -0.05) is 49.4 Å². The van der Waals surface area contributed by atoms with E-state index in [2.05, 4.69) is 43.3 Å². The summed E-state index contributed by atoms with van der Waals surface area (Å²) in [5.41, 5.74) is 3.28. The molecule has 0 N–H and O–H groups in total. The molecular weight excluding hydrogens is 366 g/mol. The molecule has 1 nitrogen and oxygen atoms in total. The highest BCUT2D eigenvalue weighted by molar-refractivity contribution is 5.31. The van der Waals surface area contributed by atoms with Gasteiger partial charge in [0.05, 0.1) is 6.61 Å². The minimum absolute atomic E-state index is 0.00890. The van der Waals surface area contributed by atoms with E-state index in [1.54, 1.807) is 13.0 Å². The number of rotatable bonds is 8. The van der Waals surface area contributed by atoms with Gasteiger partial charge in [0, 0.05) is 0 Å². The first-order valence-electron chi connectivity index (χ1n) is 11.0. The molecule has 2 aromatic rings. The Hall–Kier alpha value is -2.16. The summed E-state index contributed by atoms with van der Waals surface area (Å²) in [4.78, 5) is 0. The van der Waals surface area contributed by atoms with Gasteiger partial charge in [-0.2, -0.15) is 4.39 Å². The zero-order valence-corrected chi connectivity index (χ0v) is 17.6. The predicted molar refractivity (Wildman–Crippen MR) is 116 cm³/mol. The molecule has 1 saturated carbocycles. The van der Waals surface area contributed by atoms with Crippen molar-refractivity contribution in [1.82, 2.24) is 0 Å². The summed E-state index contributed by atoms with van der Waals surface area (Å²) in [5, 5.41) is 0. The number of hydrogen-bond donors (Lipinski definition) is 0. The molecule has 1 aliphatic carbocycles. The van der Waals surface area contributed by atoms with Gasteiger partial charge in [-0.15, -0.1) is 0 Å². The molecule has 0 amide bonds. The predicted octanol–water partition coefficient (Wildman–Crippen LogP) is 7.39. The van der Waals surface area contributed by atoms with Gasteiger partial charge >= 0.3 is 0 Å². The fourth-order valence-electron chi connectivity index (χ4n) is 4.23. The number of aryl methyl sites for hydroxylation is 2. The van der Waals surface area contributed by atoms with Crippen LogP contribution in [0.15, 0.2) is 48.6 Å². The van der Waals surface area contributed by atoms with Crippen molar-refractivity contribution in [2.45, 2.75) is 64.7 Å². The standard InChI is InChI=1S/C26H32F2O/c1-3-19-9-13-21(14-10-19)22-15-11-20(12-16-22)7-5-6-8-23-17-18-24(29-4-2)26(28)25(23)27/h5,7,9-10,13-14,17-18,20,22H,3-4,6,8,11-12,15-16H2,1-2H3/b7-5+. The van der Waals surface area contributed by atoms with Gasteiger partial charge < -0.3 is 4.74 Å². The van der Waals surface area contributed by atoms with Crippen molar-refractivity contribution >= 4 is 0 Å². The molecule has 0 atom stereocenters. The van der Waals surface area contributed by atoms with Gasteiger partial charge in [-0.25, -0.2) is 4.39 Å². The second-order valence-electron chi connectivity index (χ2n) is 7.96. The molecular formula is C26H32F2O. The van der Waals surface area contributed by atoms with E-state index < -0.39 is 11.6 Å². The van der Waals surface area contributed by atoms with Crippen LogP contribution < -0.4 is 4.74 Å². The van der Waals surface area contributed by atoms with Gasteiger partial charge in [0.2, 0.25) is 5.82 Å². The summed E-state index contributed by atoms with van der Waals surface area (Å²) in [6, 6.07) is 12.3. The van der Waals surface area contributed by atoms with Crippen LogP contribution in [0.1, 0.15) is 68.6 Å². The Kier molecular flexibility index (Phi) is 7.85. The van der Waals surface area contributed by atoms with E-state index in [4.69, 9.17) is 4.74 Å². The molecule has 0 radical (unpaired) electrons. The molecule has 1 aliphatic rings. The molecule has 1 fully saturated rings. The quantitative estimate of drug-likeness (QED) is 0.421. The summed E-state index contributed by atoms with van der Waals surface area (Å²) in [6.45, 7) is 4.27. The lowest BCUT2D eigenvalue weighted by Crippen LogP contribution is -2.11. The third kappa shape index (κ3) is 5.68. The van der Waals surface area contributed by atoms with E-state index in [0.717, 1.165) is 12.8 Å². The zero-order chi connectivity index (χ0) is 20.6. The minimum atomic E-state index is -0.876. The molecule has 2 aromatic carbocycles. The highest BCUT2D eigenvalue weighted by Crippen LogP contribution is 2.36. The van der Waals surface area contributed by atoms with E-state index in [1.165, 1.54) is 42.9 Å². The summed E-state index contributed by atoms with van der Waals surface area (Å²) in [6.07, 6.45) is 11.6. The molecule has 0 spiro atoms. The molecule has 0 aliphatic heterocycles. The average molecular weight is 399 g/mol. The fraction of sp³-hybridized carbons (Fsp3) is 0.462. The van der Waals surface area contributed by atoms with Crippen molar-refractivity contribution in [1.29, 1.82) is 0 Å². The van der Waals surface area contributed by atoms with Gasteiger partial charge in [-0.05, 0) is 86.5 Å². The summed E-state index contributed by atoms with van der Waals surface area (Å²) < 4.78 is 33.2. The molecule has 0 aromatic heterocycles. The zero-order valence-electron chi connectivity index (χ0n) is 17.6. The smallest absolute Gasteiger partial charge is 0.200 e. The molecule has 3 heteroatoms. The maximum Gasteiger partial charge on any atom is 0.200 e. The molecule has 156 valence electrons. The second-order valence-corrected chi connectivity index (χ2v) is 7.96. The molecule has 0 bridgehead atoms. The Morgan fingerprint density at radius 2 is 1.66 bits per heavy atom. The van der Waals surface area contributed by atoms with Gasteiger partial charge in [0.25, 0.3) is 0 Å². The molecule has 0 heterocycles. The van der Waals surface area contributed by atoms with Crippen LogP contribution in [0.25, 0.3) is 0 Å².